The summed E-state index contributed by atoms with van der Waals surface area (Å²) in [5, 5.41) is 12.1. The fourth-order valence-corrected chi connectivity index (χ4v) is 2.06. The third-order valence-electron chi connectivity index (χ3n) is 2.85. The fourth-order valence-electron chi connectivity index (χ4n) is 2.06. The first-order valence-corrected chi connectivity index (χ1v) is 4.62. The molecule has 0 saturated carbocycles. The highest BCUT2D eigenvalue weighted by Gasteiger charge is 2.36. The van der Waals surface area contributed by atoms with Crippen LogP contribution in [0.2, 0.25) is 0 Å². The molecule has 0 aromatic carbocycles. The largest absolute Gasteiger partial charge is 0.465 e. The lowest BCUT2D eigenvalue weighted by molar-refractivity contribution is 0.0731. The zero-order valence-corrected chi connectivity index (χ0v) is 8.50. The SMILES string of the molecule is CNC1CCN(C(=O)O)CC1(C)C. The first-order valence-electron chi connectivity index (χ1n) is 4.62. The maximum atomic E-state index is 10.7. The molecule has 1 amide bonds. The minimum absolute atomic E-state index is 0.0331. The van der Waals surface area contributed by atoms with Crippen molar-refractivity contribution in [3.63, 3.8) is 0 Å². The van der Waals surface area contributed by atoms with E-state index in [0.29, 0.717) is 19.1 Å². The number of hydrogen-bond acceptors (Lipinski definition) is 2. The molecule has 76 valence electrons. The second-order valence-corrected chi connectivity index (χ2v) is 4.32. The zero-order valence-electron chi connectivity index (χ0n) is 8.50. The van der Waals surface area contributed by atoms with Crippen LogP contribution in [0.3, 0.4) is 0 Å². The van der Waals surface area contributed by atoms with E-state index in [1.54, 1.807) is 0 Å². The lowest BCUT2D eigenvalue weighted by atomic mass is 9.79. The zero-order chi connectivity index (χ0) is 10.1. The van der Waals surface area contributed by atoms with E-state index in [1.807, 2.05) is 7.05 Å². The van der Waals surface area contributed by atoms with Crippen LogP contribution >= 0.6 is 0 Å². The Morgan fingerprint density at radius 2 is 2.23 bits per heavy atom. The van der Waals surface area contributed by atoms with E-state index in [2.05, 4.69) is 19.2 Å². The van der Waals surface area contributed by atoms with Gasteiger partial charge in [-0.2, -0.15) is 0 Å². The summed E-state index contributed by atoms with van der Waals surface area (Å²) in [5.41, 5.74) is 0.0331. The van der Waals surface area contributed by atoms with Gasteiger partial charge in [0.2, 0.25) is 0 Å². The minimum Gasteiger partial charge on any atom is -0.465 e. The molecule has 1 aliphatic heterocycles. The lowest BCUT2D eigenvalue weighted by Gasteiger charge is -2.43. The molecule has 0 aromatic heterocycles. The molecule has 0 aliphatic carbocycles. The molecular weight excluding hydrogens is 168 g/mol. The number of hydrogen-bond donors (Lipinski definition) is 2. The predicted octanol–water partition coefficient (Wildman–Crippen LogP) is 0.984. The molecule has 2 N–H and O–H groups in total. The van der Waals surface area contributed by atoms with Crippen LogP contribution in [0.25, 0.3) is 0 Å². The van der Waals surface area contributed by atoms with E-state index in [-0.39, 0.29) is 5.41 Å². The molecule has 1 unspecified atom stereocenters. The van der Waals surface area contributed by atoms with E-state index in [1.165, 1.54) is 4.90 Å². The monoisotopic (exact) mass is 186 g/mol. The molecular formula is C9H18N2O2. The Labute approximate surface area is 78.9 Å². The number of nitrogens with zero attached hydrogens (tertiary/aromatic N) is 1. The third kappa shape index (κ3) is 2.12. The van der Waals surface area contributed by atoms with Gasteiger partial charge in [0.05, 0.1) is 0 Å². The smallest absolute Gasteiger partial charge is 0.407 e. The normalized spacial score (nSPS) is 27.3. The van der Waals surface area contributed by atoms with Gasteiger partial charge in [0.1, 0.15) is 0 Å². The summed E-state index contributed by atoms with van der Waals surface area (Å²) in [7, 11) is 1.93. The first kappa shape index (κ1) is 10.3. The van der Waals surface area contributed by atoms with Gasteiger partial charge in [0.15, 0.2) is 0 Å². The van der Waals surface area contributed by atoms with Gasteiger partial charge in [-0.3, -0.25) is 0 Å². The summed E-state index contributed by atoms with van der Waals surface area (Å²) in [5.74, 6) is 0. The third-order valence-corrected chi connectivity index (χ3v) is 2.85. The van der Waals surface area contributed by atoms with Crippen molar-refractivity contribution in [2.24, 2.45) is 5.41 Å². The predicted molar refractivity (Wildman–Crippen MR) is 50.8 cm³/mol. The molecule has 0 bridgehead atoms. The summed E-state index contributed by atoms with van der Waals surface area (Å²) < 4.78 is 0. The molecule has 1 fully saturated rings. The van der Waals surface area contributed by atoms with Crippen LogP contribution in [0, 0.1) is 5.41 Å². The standard InChI is InChI=1S/C9H18N2O2/c1-9(2)6-11(8(12)13)5-4-7(9)10-3/h7,10H,4-6H2,1-3H3,(H,12,13). The molecule has 0 radical (unpaired) electrons. The second kappa shape index (κ2) is 3.54. The van der Waals surface area contributed by atoms with Crippen LogP contribution in [0.15, 0.2) is 0 Å². The van der Waals surface area contributed by atoms with Gasteiger partial charge in [-0.15, -0.1) is 0 Å². The molecule has 1 saturated heterocycles. The molecule has 4 heteroatoms. The lowest BCUT2D eigenvalue weighted by Crippen LogP contribution is -2.54. The molecule has 1 aliphatic rings. The highest BCUT2D eigenvalue weighted by atomic mass is 16.4. The Balaban J connectivity index is 2.64. The van der Waals surface area contributed by atoms with Crippen LogP contribution < -0.4 is 5.32 Å². The van der Waals surface area contributed by atoms with E-state index in [0.717, 1.165) is 6.42 Å². The van der Waals surface area contributed by atoms with Gasteiger partial charge in [-0.25, -0.2) is 4.79 Å². The Morgan fingerprint density at radius 3 is 2.62 bits per heavy atom. The van der Waals surface area contributed by atoms with E-state index < -0.39 is 6.09 Å². The van der Waals surface area contributed by atoms with E-state index in [9.17, 15) is 4.79 Å². The average molecular weight is 186 g/mol. The van der Waals surface area contributed by atoms with Crippen LogP contribution in [0.4, 0.5) is 4.79 Å². The number of likely N-dealkylation sites (tertiary alicyclic amines) is 1. The van der Waals surface area contributed by atoms with Crippen LogP contribution in [-0.2, 0) is 0 Å². The van der Waals surface area contributed by atoms with Gasteiger partial charge in [-0.1, -0.05) is 13.8 Å². The maximum Gasteiger partial charge on any atom is 0.407 e. The Bertz CT molecular complexity index is 204. The summed E-state index contributed by atoms with van der Waals surface area (Å²) in [6.45, 7) is 5.46. The van der Waals surface area contributed by atoms with Gasteiger partial charge < -0.3 is 15.3 Å². The van der Waals surface area contributed by atoms with Crippen molar-refractivity contribution in [2.45, 2.75) is 26.3 Å². The van der Waals surface area contributed by atoms with Crippen LogP contribution in [0.5, 0.6) is 0 Å². The molecule has 13 heavy (non-hydrogen) atoms. The van der Waals surface area contributed by atoms with Crippen molar-refractivity contribution in [1.82, 2.24) is 10.2 Å². The van der Waals surface area contributed by atoms with Crippen molar-refractivity contribution in [2.75, 3.05) is 20.1 Å². The Hall–Kier alpha value is -0.770. The quantitative estimate of drug-likeness (QED) is 0.642. The number of carboxylic acid groups (broad SMARTS) is 1. The van der Waals surface area contributed by atoms with Gasteiger partial charge in [0, 0.05) is 19.1 Å². The average Bonchev–Trinajstić information content (AvgIpc) is 2.02. The molecule has 1 atom stereocenters. The summed E-state index contributed by atoms with van der Waals surface area (Å²) in [6.07, 6.45) is 0.0955. The Kier molecular flexibility index (Phi) is 2.81. The number of rotatable bonds is 1. The van der Waals surface area contributed by atoms with Gasteiger partial charge >= 0.3 is 6.09 Å². The second-order valence-electron chi connectivity index (χ2n) is 4.32. The number of piperidine rings is 1. The molecule has 4 nitrogen and oxygen atoms in total. The molecule has 0 aromatic rings. The van der Waals surface area contributed by atoms with E-state index in [4.69, 9.17) is 5.11 Å². The van der Waals surface area contributed by atoms with E-state index >= 15 is 0 Å². The molecule has 1 heterocycles. The summed E-state index contributed by atoms with van der Waals surface area (Å²) in [6, 6.07) is 0.420. The topological polar surface area (TPSA) is 52.6 Å². The maximum absolute atomic E-state index is 10.7. The van der Waals surface area contributed by atoms with Crippen molar-refractivity contribution < 1.29 is 9.90 Å². The molecule has 0 spiro atoms. The van der Waals surface area contributed by atoms with Crippen molar-refractivity contribution in [3.8, 4) is 0 Å². The van der Waals surface area contributed by atoms with Crippen molar-refractivity contribution in [1.29, 1.82) is 0 Å². The Morgan fingerprint density at radius 1 is 1.62 bits per heavy atom. The number of nitrogens with one attached hydrogen (secondary N) is 1. The number of carbonyl (C=O) groups is 1. The first-order chi connectivity index (χ1) is 5.97. The fraction of sp³-hybridized carbons (Fsp3) is 0.889. The van der Waals surface area contributed by atoms with Gasteiger partial charge in [-0.05, 0) is 18.9 Å². The molecule has 1 rings (SSSR count). The van der Waals surface area contributed by atoms with Crippen molar-refractivity contribution in [3.05, 3.63) is 0 Å². The van der Waals surface area contributed by atoms with Crippen LogP contribution in [0.1, 0.15) is 20.3 Å². The highest BCUT2D eigenvalue weighted by Crippen LogP contribution is 2.28. The summed E-state index contributed by atoms with van der Waals surface area (Å²) in [4.78, 5) is 12.2. The summed E-state index contributed by atoms with van der Waals surface area (Å²) >= 11 is 0. The van der Waals surface area contributed by atoms with Gasteiger partial charge in [0.25, 0.3) is 0 Å². The van der Waals surface area contributed by atoms with Crippen molar-refractivity contribution >= 4 is 6.09 Å². The number of amides is 1. The highest BCUT2D eigenvalue weighted by molar-refractivity contribution is 5.65. The van der Waals surface area contributed by atoms with Crippen LogP contribution in [-0.4, -0.2) is 42.3 Å². The minimum atomic E-state index is -0.803.